The van der Waals surface area contributed by atoms with Crippen molar-refractivity contribution in [1.82, 2.24) is 0 Å². The topological polar surface area (TPSA) is 179 Å². The summed E-state index contributed by atoms with van der Waals surface area (Å²) in [5, 5.41) is -0.0604. The highest BCUT2D eigenvalue weighted by atomic mass is 32.2. The van der Waals surface area contributed by atoms with Gasteiger partial charge in [0.15, 0.2) is 22.4 Å². The van der Waals surface area contributed by atoms with Gasteiger partial charge in [-0.15, -0.1) is 0 Å². The molecule has 10 bridgehead atoms. The van der Waals surface area contributed by atoms with Crippen molar-refractivity contribution in [1.29, 1.82) is 0 Å². The first-order valence-corrected chi connectivity index (χ1v) is 37.0. The molecule has 1 aromatic carbocycles. The van der Waals surface area contributed by atoms with Crippen LogP contribution in [-0.4, -0.2) is 160 Å². The Labute approximate surface area is 473 Å². The molecule has 0 saturated carbocycles. The lowest BCUT2D eigenvalue weighted by Gasteiger charge is -2.47. The molecule has 1 spiro atoms. The molecule has 16 nitrogen and oxygen atoms in total. The van der Waals surface area contributed by atoms with E-state index in [0.717, 1.165) is 11.8 Å². The summed E-state index contributed by atoms with van der Waals surface area (Å²) in [6, 6.07) is 8.78. The number of hydrogen-bond donors (Lipinski definition) is 0. The van der Waals surface area contributed by atoms with Gasteiger partial charge in [-0.3, -0.25) is 8.98 Å². The summed E-state index contributed by atoms with van der Waals surface area (Å²) < 4.78 is 108. The molecule has 0 N–H and O–H groups in total. The first-order chi connectivity index (χ1) is 36.9. The second-order valence-corrected chi connectivity index (χ2v) is 38.7. The summed E-state index contributed by atoms with van der Waals surface area (Å²) in [5.74, 6) is -1.85. The Morgan fingerprint density at radius 2 is 1.44 bits per heavy atom. The summed E-state index contributed by atoms with van der Waals surface area (Å²) in [5.41, 5.74) is 1.79. The lowest BCUT2D eigenvalue weighted by molar-refractivity contribution is -0.292. The number of esters is 1. The highest BCUT2D eigenvalue weighted by molar-refractivity contribution is 7.86. The molecule has 9 aliphatic heterocycles. The highest BCUT2D eigenvalue weighted by Gasteiger charge is 2.69. The second kappa shape index (κ2) is 23.7. The molecule has 10 rings (SSSR count). The average Bonchev–Trinajstić information content (AvgIpc) is 4.12. The van der Waals surface area contributed by atoms with Crippen LogP contribution in [0.1, 0.15) is 142 Å². The lowest BCUT2D eigenvalue weighted by Crippen LogP contribution is -2.61. The largest absolute Gasteiger partial charge is 0.458 e. The van der Waals surface area contributed by atoms with Crippen molar-refractivity contribution in [2.45, 2.75) is 272 Å². The summed E-state index contributed by atoms with van der Waals surface area (Å²) in [4.78, 5) is 28.7. The summed E-state index contributed by atoms with van der Waals surface area (Å²) in [6.07, 6.45) is -0.958. The number of rotatable bonds is 12. The Bertz CT molecular complexity index is 2460. The maximum atomic E-state index is 14.9. The Hall–Kier alpha value is -2.22. The van der Waals surface area contributed by atoms with Crippen LogP contribution in [0.4, 0.5) is 0 Å². The maximum Gasteiger partial charge on any atom is 0.338 e. The van der Waals surface area contributed by atoms with Gasteiger partial charge in [0.1, 0.15) is 42.4 Å². The standard InChI is InChI=1S/C60H94O16SSi2/c1-35-27-40-21-23-45(75-77(11,63)64)36(2)28-42(69-57(62)38-19-17-16-18-20-38)25-26-60-33-50-53(73-60)54-55(72-50)56(74-60)52-46(71-54)24-22-41(68-52)29-39(61)30-44-48(32-47(67-40)37(35)3)70-49(51(44)65-10)31-43(76-79(14,15)59(7,8)9)34-66-78(12,13)58(4,5)6/h16-20,35,40-56H,2-3,21-34H2,1,4-15H3/t35?,40?,41?,42-,43?,44?,45?,46?,47?,48-,49+,50?,51+,52-,53?,54-,55?,56?,60-/m0/s1. The number of benzene rings is 1. The van der Waals surface area contributed by atoms with Crippen LogP contribution in [-0.2, 0) is 70.6 Å². The Morgan fingerprint density at radius 3 is 2.13 bits per heavy atom. The van der Waals surface area contributed by atoms with Gasteiger partial charge in [0.2, 0.25) is 0 Å². The van der Waals surface area contributed by atoms with Gasteiger partial charge in [-0.1, -0.05) is 79.8 Å². The fourth-order valence-electron chi connectivity index (χ4n) is 13.1. The number of fused-ring (bicyclic) bond motifs is 4. The zero-order valence-corrected chi connectivity index (χ0v) is 52.3. The van der Waals surface area contributed by atoms with Gasteiger partial charge in [-0.05, 0) is 104 Å². The van der Waals surface area contributed by atoms with E-state index in [1.165, 1.54) is 0 Å². The minimum atomic E-state index is -3.97. The monoisotopic (exact) mass is 1160 g/mol. The molecule has 9 heterocycles. The predicted octanol–water partition coefficient (Wildman–Crippen LogP) is 10.3. The molecule has 9 fully saturated rings. The molecule has 9 saturated heterocycles. The zero-order valence-electron chi connectivity index (χ0n) is 49.5. The molecule has 19 atom stereocenters. The van der Waals surface area contributed by atoms with Crippen molar-refractivity contribution in [2.24, 2.45) is 11.8 Å². The lowest BCUT2D eigenvalue weighted by atomic mass is 9.81. The van der Waals surface area contributed by atoms with E-state index >= 15 is 0 Å². The van der Waals surface area contributed by atoms with Crippen LogP contribution in [0.3, 0.4) is 0 Å². The van der Waals surface area contributed by atoms with Crippen LogP contribution >= 0.6 is 0 Å². The fourth-order valence-corrected chi connectivity index (χ4v) is 16.2. The van der Waals surface area contributed by atoms with Gasteiger partial charge in [-0.25, -0.2) is 4.79 Å². The van der Waals surface area contributed by atoms with Crippen LogP contribution < -0.4 is 0 Å². The van der Waals surface area contributed by atoms with Gasteiger partial charge in [0, 0.05) is 58.0 Å². The minimum Gasteiger partial charge on any atom is -0.458 e. The molecule has 79 heavy (non-hydrogen) atoms. The van der Waals surface area contributed by atoms with Crippen molar-refractivity contribution in [2.75, 3.05) is 20.0 Å². The second-order valence-electron chi connectivity index (χ2n) is 27.5. The fraction of sp³-hybridized carbons (Fsp3) is 0.800. The maximum absolute atomic E-state index is 14.9. The summed E-state index contributed by atoms with van der Waals surface area (Å²) in [6.45, 7) is 34.1. The number of methoxy groups -OCH3 is 1. The van der Waals surface area contributed by atoms with Crippen LogP contribution in [0.25, 0.3) is 0 Å². The van der Waals surface area contributed by atoms with Gasteiger partial charge < -0.3 is 51.5 Å². The van der Waals surface area contributed by atoms with Crippen molar-refractivity contribution in [3.05, 3.63) is 60.2 Å². The van der Waals surface area contributed by atoms with E-state index in [4.69, 9.17) is 55.7 Å². The third-order valence-electron chi connectivity index (χ3n) is 19.6. The van der Waals surface area contributed by atoms with Gasteiger partial charge in [0.05, 0.1) is 79.5 Å². The van der Waals surface area contributed by atoms with Crippen molar-refractivity contribution in [3.8, 4) is 0 Å². The molecular weight excluding hydrogens is 1060 g/mol. The molecule has 0 radical (unpaired) electrons. The molecule has 0 aromatic heterocycles. The number of ketones is 1. The van der Waals surface area contributed by atoms with E-state index in [1.54, 1.807) is 31.4 Å². The molecular formula is C60H94O16SSi2. The van der Waals surface area contributed by atoms with Gasteiger partial charge in [0.25, 0.3) is 10.1 Å². The van der Waals surface area contributed by atoms with E-state index in [0.29, 0.717) is 75.5 Å². The molecule has 19 heteroatoms. The van der Waals surface area contributed by atoms with E-state index in [-0.39, 0.29) is 90.0 Å². The van der Waals surface area contributed by atoms with Crippen molar-refractivity contribution >= 4 is 38.5 Å². The molecule has 1 aromatic rings. The van der Waals surface area contributed by atoms with Crippen LogP contribution in [0.15, 0.2) is 54.6 Å². The minimum absolute atomic E-state index is 0.00416. The number of ether oxygens (including phenoxy) is 9. The molecule has 9 aliphatic rings. The third kappa shape index (κ3) is 13.8. The summed E-state index contributed by atoms with van der Waals surface area (Å²) >= 11 is 0. The van der Waals surface area contributed by atoms with Crippen molar-refractivity contribution in [3.63, 3.8) is 0 Å². The quantitative estimate of drug-likeness (QED) is 0.0834. The van der Waals surface area contributed by atoms with Crippen LogP contribution in [0, 0.1) is 11.8 Å². The van der Waals surface area contributed by atoms with Gasteiger partial charge >= 0.3 is 5.97 Å². The highest BCUT2D eigenvalue weighted by Crippen LogP contribution is 2.54. The predicted molar refractivity (Wildman–Crippen MR) is 303 cm³/mol. The molecule has 12 unspecified atom stereocenters. The third-order valence-corrected chi connectivity index (χ3v) is 29.2. The number of Topliss-reactive ketones (excluding diaryl/α,β-unsaturated/α-hetero) is 1. The molecule has 444 valence electrons. The molecule has 0 amide bonds. The van der Waals surface area contributed by atoms with E-state index in [1.807, 2.05) is 6.07 Å². The zero-order chi connectivity index (χ0) is 57.2. The SMILES string of the molecule is C=C1C[C@@H](OC(=O)c2ccccc2)CC[C@@]23CC4OC5C(O2)[C@H]2OC(CCC2O[C@H]5C4O3)CC(=O)CC2[C@H](CC3OC(CCC1OS(C)(=O)=O)CC(C)C3=C)O[C@H](CC(CO[Si](C)(C)C(C)(C)C)O[Si](C)(C)C(C)(C)C)[C@@H]2OC. The van der Waals surface area contributed by atoms with Crippen LogP contribution in [0.2, 0.25) is 36.3 Å². The van der Waals surface area contributed by atoms with E-state index < -0.39 is 99.5 Å². The number of hydrogen-bond acceptors (Lipinski definition) is 16. The number of carbonyl (C=O) groups is 2. The smallest absolute Gasteiger partial charge is 0.338 e. The first kappa shape index (κ1) is 61.3. The Balaban J connectivity index is 1.03. The first-order valence-electron chi connectivity index (χ1n) is 29.4. The Kier molecular flexibility index (Phi) is 18.4. The van der Waals surface area contributed by atoms with Gasteiger partial charge in [-0.2, -0.15) is 8.42 Å². The van der Waals surface area contributed by atoms with E-state index in [2.05, 4.69) is 87.8 Å². The van der Waals surface area contributed by atoms with Crippen molar-refractivity contribution < 1.29 is 73.7 Å². The Morgan fingerprint density at radius 1 is 0.772 bits per heavy atom. The average molecular weight is 1160 g/mol. The van der Waals surface area contributed by atoms with Crippen LogP contribution in [0.5, 0.6) is 0 Å². The normalized spacial score (nSPS) is 39.2. The number of carbonyl (C=O) groups excluding carboxylic acids is 2. The molecule has 0 aliphatic carbocycles. The van der Waals surface area contributed by atoms with E-state index in [9.17, 15) is 18.0 Å². The summed E-state index contributed by atoms with van der Waals surface area (Å²) in [7, 11) is -6.76.